The number of carbonyl (C=O) groups is 1. The summed E-state index contributed by atoms with van der Waals surface area (Å²) in [6.07, 6.45) is 2.99. The lowest BCUT2D eigenvalue weighted by molar-refractivity contribution is -0.200. The third-order valence-corrected chi connectivity index (χ3v) is 3.13. The minimum atomic E-state index is -0.763. The maximum absolute atomic E-state index is 12.2. The van der Waals surface area contributed by atoms with Crippen molar-refractivity contribution in [1.29, 1.82) is 0 Å². The minimum absolute atomic E-state index is 0.168. The second-order valence-electron chi connectivity index (χ2n) is 6.53. The van der Waals surface area contributed by atoms with Crippen molar-refractivity contribution in [3.63, 3.8) is 0 Å². The molecule has 0 unspecified atom stereocenters. The smallest absolute Gasteiger partial charge is 0.338 e. The van der Waals surface area contributed by atoms with Crippen molar-refractivity contribution in [2.75, 3.05) is 0 Å². The van der Waals surface area contributed by atoms with Crippen LogP contribution in [0.15, 0.2) is 0 Å². The average Bonchev–Trinajstić information content (AvgIpc) is 2.15. The van der Waals surface area contributed by atoms with E-state index in [2.05, 4.69) is 13.8 Å². The van der Waals surface area contributed by atoms with Gasteiger partial charge >= 0.3 is 5.97 Å². The maximum atomic E-state index is 12.2. The molecule has 0 spiro atoms. The van der Waals surface area contributed by atoms with Crippen LogP contribution >= 0.6 is 0 Å². The van der Waals surface area contributed by atoms with Crippen molar-refractivity contribution < 1.29 is 14.3 Å². The highest BCUT2D eigenvalue weighted by molar-refractivity contribution is 5.79. The Hall–Kier alpha value is -0.570. The molecule has 17 heavy (non-hydrogen) atoms. The van der Waals surface area contributed by atoms with Crippen molar-refractivity contribution in [1.82, 2.24) is 0 Å². The molecule has 0 aromatic carbocycles. The molecule has 1 rings (SSSR count). The van der Waals surface area contributed by atoms with E-state index in [9.17, 15) is 4.79 Å². The van der Waals surface area contributed by atoms with Crippen molar-refractivity contribution >= 4 is 5.97 Å². The normalized spacial score (nSPS) is 30.4. The van der Waals surface area contributed by atoms with Crippen molar-refractivity contribution in [3.05, 3.63) is 0 Å². The number of rotatable bonds is 2. The van der Waals surface area contributed by atoms with E-state index >= 15 is 0 Å². The third kappa shape index (κ3) is 3.98. The summed E-state index contributed by atoms with van der Waals surface area (Å²) in [4.78, 5) is 12.2. The largest absolute Gasteiger partial charge is 0.458 e. The van der Waals surface area contributed by atoms with Gasteiger partial charge in [0.25, 0.3) is 0 Å². The first-order valence-electron chi connectivity index (χ1n) is 6.55. The van der Waals surface area contributed by atoms with Gasteiger partial charge < -0.3 is 9.47 Å². The second kappa shape index (κ2) is 4.97. The zero-order valence-corrected chi connectivity index (χ0v) is 12.0. The lowest BCUT2D eigenvalue weighted by Crippen LogP contribution is -2.49. The molecule has 0 aromatic heterocycles. The molecule has 2 atom stereocenters. The molecule has 1 heterocycles. The molecule has 100 valence electrons. The van der Waals surface area contributed by atoms with E-state index in [-0.39, 0.29) is 12.1 Å². The molecule has 1 aliphatic rings. The van der Waals surface area contributed by atoms with Crippen LogP contribution in [-0.4, -0.2) is 23.3 Å². The van der Waals surface area contributed by atoms with Gasteiger partial charge in [-0.2, -0.15) is 0 Å². The Bertz CT molecular complexity index is 278. The number of ether oxygens (including phenoxy) is 2. The number of carbonyl (C=O) groups excluding carboxylic acids is 1. The highest BCUT2D eigenvalue weighted by Crippen LogP contribution is 2.33. The third-order valence-electron chi connectivity index (χ3n) is 3.13. The van der Waals surface area contributed by atoms with Gasteiger partial charge in [-0.3, -0.25) is 0 Å². The Kier molecular flexibility index (Phi) is 4.23. The zero-order chi connectivity index (χ0) is 13.3. The fourth-order valence-corrected chi connectivity index (χ4v) is 2.10. The molecule has 0 aliphatic carbocycles. The molecule has 0 saturated carbocycles. The first kappa shape index (κ1) is 14.5. The van der Waals surface area contributed by atoms with Crippen LogP contribution in [0.2, 0.25) is 0 Å². The monoisotopic (exact) mass is 242 g/mol. The summed E-state index contributed by atoms with van der Waals surface area (Å²) in [5.41, 5.74) is -1.21. The molecule has 0 radical (unpaired) electrons. The molecule has 3 heteroatoms. The standard InChI is InChI=1S/C14H26O3/c1-10(2)11-8-7-9-14(6,16-11)12(15)17-13(3,4)5/h10-11H,7-9H2,1-6H3/t11-,14-/m1/s1. The fraction of sp³-hybridized carbons (Fsp3) is 0.929. The van der Waals surface area contributed by atoms with Crippen molar-refractivity contribution in [3.8, 4) is 0 Å². The van der Waals surface area contributed by atoms with Crippen LogP contribution in [0.1, 0.15) is 60.8 Å². The molecule has 0 bridgehead atoms. The van der Waals surface area contributed by atoms with Crippen LogP contribution in [0, 0.1) is 5.92 Å². The van der Waals surface area contributed by atoms with Crippen LogP contribution < -0.4 is 0 Å². The second-order valence-corrected chi connectivity index (χ2v) is 6.53. The average molecular weight is 242 g/mol. The predicted octanol–water partition coefficient (Wildman–Crippen LogP) is 3.31. The van der Waals surface area contributed by atoms with E-state index < -0.39 is 11.2 Å². The van der Waals surface area contributed by atoms with Crippen LogP contribution in [0.3, 0.4) is 0 Å². The Morgan fingerprint density at radius 1 is 1.41 bits per heavy atom. The zero-order valence-electron chi connectivity index (χ0n) is 12.0. The van der Waals surface area contributed by atoms with Gasteiger partial charge in [-0.1, -0.05) is 13.8 Å². The van der Waals surface area contributed by atoms with Crippen molar-refractivity contribution in [2.45, 2.75) is 78.1 Å². The summed E-state index contributed by atoms with van der Waals surface area (Å²) < 4.78 is 11.4. The molecular formula is C14H26O3. The molecule has 1 aliphatic heterocycles. The Labute approximate surface area is 105 Å². The van der Waals surface area contributed by atoms with Gasteiger partial charge in [-0.05, 0) is 52.9 Å². The highest BCUT2D eigenvalue weighted by Gasteiger charge is 2.43. The molecule has 1 saturated heterocycles. The summed E-state index contributed by atoms with van der Waals surface area (Å²) in [6.45, 7) is 11.8. The SMILES string of the molecule is CC(C)[C@H]1CCC[C@](C)(C(=O)OC(C)(C)C)O1. The molecule has 0 aromatic rings. The molecule has 0 amide bonds. The fourth-order valence-electron chi connectivity index (χ4n) is 2.10. The number of hydrogen-bond acceptors (Lipinski definition) is 3. The summed E-state index contributed by atoms with van der Waals surface area (Å²) in [6, 6.07) is 0. The van der Waals surface area contributed by atoms with Crippen LogP contribution in [0.4, 0.5) is 0 Å². The Morgan fingerprint density at radius 3 is 2.47 bits per heavy atom. The minimum Gasteiger partial charge on any atom is -0.458 e. The first-order chi connectivity index (χ1) is 7.64. The van der Waals surface area contributed by atoms with Crippen molar-refractivity contribution in [2.24, 2.45) is 5.92 Å². The van der Waals surface area contributed by atoms with E-state index in [0.717, 1.165) is 19.3 Å². The van der Waals surface area contributed by atoms with E-state index in [0.29, 0.717) is 5.92 Å². The summed E-state index contributed by atoms with van der Waals surface area (Å²) in [5, 5.41) is 0. The molecule has 0 N–H and O–H groups in total. The van der Waals surface area contributed by atoms with Gasteiger partial charge in [0.2, 0.25) is 0 Å². The Morgan fingerprint density at radius 2 is 2.00 bits per heavy atom. The quantitative estimate of drug-likeness (QED) is 0.697. The molecular weight excluding hydrogens is 216 g/mol. The van der Waals surface area contributed by atoms with Gasteiger partial charge in [-0.15, -0.1) is 0 Å². The van der Waals surface area contributed by atoms with Crippen LogP contribution in [0.5, 0.6) is 0 Å². The molecule has 3 nitrogen and oxygen atoms in total. The highest BCUT2D eigenvalue weighted by atomic mass is 16.6. The first-order valence-corrected chi connectivity index (χ1v) is 6.55. The molecule has 1 fully saturated rings. The van der Waals surface area contributed by atoms with E-state index in [1.54, 1.807) is 0 Å². The summed E-state index contributed by atoms with van der Waals surface area (Å²) in [7, 11) is 0. The van der Waals surface area contributed by atoms with Gasteiger partial charge in [0.05, 0.1) is 6.10 Å². The number of hydrogen-bond donors (Lipinski definition) is 0. The number of esters is 1. The van der Waals surface area contributed by atoms with Gasteiger partial charge in [0.15, 0.2) is 5.60 Å². The lowest BCUT2D eigenvalue weighted by atomic mass is 9.89. The van der Waals surface area contributed by atoms with E-state index in [1.165, 1.54) is 0 Å². The van der Waals surface area contributed by atoms with E-state index in [1.807, 2.05) is 27.7 Å². The summed E-state index contributed by atoms with van der Waals surface area (Å²) in [5.74, 6) is 0.215. The van der Waals surface area contributed by atoms with Crippen LogP contribution in [-0.2, 0) is 14.3 Å². The van der Waals surface area contributed by atoms with Gasteiger partial charge in [0, 0.05) is 0 Å². The Balaban J connectivity index is 2.70. The van der Waals surface area contributed by atoms with Crippen LogP contribution in [0.25, 0.3) is 0 Å². The summed E-state index contributed by atoms with van der Waals surface area (Å²) >= 11 is 0. The van der Waals surface area contributed by atoms with E-state index in [4.69, 9.17) is 9.47 Å². The lowest BCUT2D eigenvalue weighted by Gasteiger charge is -2.39. The predicted molar refractivity (Wildman–Crippen MR) is 67.8 cm³/mol. The van der Waals surface area contributed by atoms with Gasteiger partial charge in [0.1, 0.15) is 5.60 Å². The maximum Gasteiger partial charge on any atom is 0.338 e. The van der Waals surface area contributed by atoms with Gasteiger partial charge in [-0.25, -0.2) is 4.79 Å². The topological polar surface area (TPSA) is 35.5 Å².